The minimum atomic E-state index is -2.12. The molecular weight excluding hydrogens is 639 g/mol. The summed E-state index contributed by atoms with van der Waals surface area (Å²) >= 11 is 0. The fraction of sp³-hybridized carbons (Fsp3) is 0.488. The zero-order valence-electron chi connectivity index (χ0n) is 31.1. The number of hydrogen-bond donors (Lipinski definition) is 1. The lowest BCUT2D eigenvalue weighted by Gasteiger charge is -2.58. The van der Waals surface area contributed by atoms with E-state index in [0.717, 1.165) is 48.2 Å². The van der Waals surface area contributed by atoms with Gasteiger partial charge in [0.25, 0.3) is 8.32 Å². The highest BCUT2D eigenvalue weighted by molar-refractivity contribution is 6.75. The molecule has 3 aromatic rings. The van der Waals surface area contributed by atoms with Crippen LogP contribution in [-0.4, -0.2) is 52.3 Å². The molecule has 7 rings (SSSR count). The second-order valence-corrected chi connectivity index (χ2v) is 27.1. The number of benzene rings is 3. The number of para-hydroxylation sites is 2. The maximum atomic E-state index is 7.31. The fourth-order valence-corrected chi connectivity index (χ4v) is 10.1. The normalized spacial score (nSPS) is 26.2. The molecule has 260 valence electrons. The van der Waals surface area contributed by atoms with E-state index in [0.29, 0.717) is 0 Å². The molecule has 49 heavy (non-hydrogen) atoms. The summed E-state index contributed by atoms with van der Waals surface area (Å²) in [5.74, 6) is 3.01. The molecule has 2 aliphatic heterocycles. The van der Waals surface area contributed by atoms with Gasteiger partial charge in [0, 0.05) is 35.2 Å². The average molecular weight is 694 g/mol. The van der Waals surface area contributed by atoms with Crippen molar-refractivity contribution in [2.45, 2.75) is 114 Å². The van der Waals surface area contributed by atoms with Crippen LogP contribution in [-0.2, 0) is 16.3 Å². The summed E-state index contributed by atoms with van der Waals surface area (Å²) in [6.45, 7) is 24.1. The summed E-state index contributed by atoms with van der Waals surface area (Å²) in [4.78, 5) is 7.79. The molecule has 1 spiro atoms. The van der Waals surface area contributed by atoms with Gasteiger partial charge in [-0.2, -0.15) is 0 Å². The first-order chi connectivity index (χ1) is 23.0. The number of anilines is 1. The van der Waals surface area contributed by atoms with E-state index >= 15 is 0 Å². The van der Waals surface area contributed by atoms with E-state index < -0.39 is 16.6 Å². The number of guanidine groups is 1. The maximum Gasteiger partial charge on any atom is 0.250 e. The quantitative estimate of drug-likeness (QED) is 0.121. The molecule has 5 unspecified atom stereocenters. The van der Waals surface area contributed by atoms with E-state index in [9.17, 15) is 0 Å². The van der Waals surface area contributed by atoms with Crippen molar-refractivity contribution in [3.05, 3.63) is 96.1 Å². The first-order valence-electron chi connectivity index (χ1n) is 18.1. The summed E-state index contributed by atoms with van der Waals surface area (Å²) in [6.07, 6.45) is 6.44. The second kappa shape index (κ2) is 11.9. The summed E-state index contributed by atoms with van der Waals surface area (Å²) in [5.41, 5.74) is 4.51. The number of nitrogens with one attached hydrogen (secondary N) is 1. The minimum Gasteiger partial charge on any atom is -0.541 e. The number of ether oxygens (including phenoxy) is 1. The largest absolute Gasteiger partial charge is 0.541 e. The lowest BCUT2D eigenvalue weighted by molar-refractivity contribution is -0.0319. The lowest BCUT2D eigenvalue weighted by atomic mass is 9.53. The van der Waals surface area contributed by atoms with E-state index in [2.05, 4.69) is 157 Å². The Bertz CT molecular complexity index is 1760. The van der Waals surface area contributed by atoms with E-state index in [1.165, 1.54) is 11.1 Å². The summed E-state index contributed by atoms with van der Waals surface area (Å²) in [5, 5.41) is 3.90. The molecule has 5 atom stereocenters. The van der Waals surface area contributed by atoms with Crippen LogP contribution in [0.3, 0.4) is 0 Å². The monoisotopic (exact) mass is 693 g/mol. The van der Waals surface area contributed by atoms with Crippen molar-refractivity contribution in [2.75, 3.05) is 11.9 Å². The second-order valence-electron chi connectivity index (χ2n) is 17.6. The third kappa shape index (κ3) is 5.77. The van der Waals surface area contributed by atoms with Gasteiger partial charge < -0.3 is 23.8 Å². The molecule has 6 nitrogen and oxygen atoms in total. The Morgan fingerprint density at radius 1 is 0.857 bits per heavy atom. The van der Waals surface area contributed by atoms with Crippen LogP contribution in [0.1, 0.15) is 59.1 Å². The topological polar surface area (TPSA) is 55.3 Å². The maximum absolute atomic E-state index is 7.31. The van der Waals surface area contributed by atoms with Gasteiger partial charge in [0.15, 0.2) is 14.1 Å². The van der Waals surface area contributed by atoms with Crippen LogP contribution in [0.25, 0.3) is 0 Å². The zero-order valence-corrected chi connectivity index (χ0v) is 33.1. The Labute approximate surface area is 296 Å². The van der Waals surface area contributed by atoms with Crippen LogP contribution in [0, 0.1) is 5.92 Å². The van der Waals surface area contributed by atoms with Crippen molar-refractivity contribution >= 4 is 34.0 Å². The number of rotatable bonds is 6. The standard InChI is InChI=1S/C41H55N3O3Si2/c1-39(2,3)48(7,8)46-33-23-21-28-27-32-31-22-24-34(47-49(9,10)40(4,5)6)37-41(31,35(28)36(33)45-37)25-26-44(32)38(42-29-17-13-11-14-18-29)43-30-19-15-12-16-20-30/h11-24,31-32,34,37H,25-27H2,1-10H3,(H,42,43). The summed E-state index contributed by atoms with van der Waals surface area (Å²) in [7, 11) is -4.23. The van der Waals surface area contributed by atoms with Crippen LogP contribution in [0.4, 0.5) is 11.4 Å². The number of aliphatic imine (C=N–C) groups is 1. The van der Waals surface area contributed by atoms with Gasteiger partial charge in [0.2, 0.25) is 5.96 Å². The van der Waals surface area contributed by atoms with Crippen LogP contribution in [0.2, 0.25) is 36.3 Å². The molecular formula is C41H55N3O3Si2. The van der Waals surface area contributed by atoms with E-state index in [4.69, 9.17) is 18.6 Å². The van der Waals surface area contributed by atoms with Crippen molar-refractivity contribution in [3.8, 4) is 11.5 Å². The van der Waals surface area contributed by atoms with Gasteiger partial charge in [-0.15, -0.1) is 0 Å². The number of piperidine rings is 1. The number of likely N-dealkylation sites (tertiary alicyclic amines) is 1. The molecule has 1 N–H and O–H groups in total. The highest BCUT2D eigenvalue weighted by Crippen LogP contribution is 2.64. The lowest BCUT2D eigenvalue weighted by Crippen LogP contribution is -2.67. The highest BCUT2D eigenvalue weighted by atomic mass is 28.4. The third-order valence-corrected chi connectivity index (χ3v) is 21.4. The van der Waals surface area contributed by atoms with E-state index in [1.54, 1.807) is 0 Å². The van der Waals surface area contributed by atoms with Crippen LogP contribution in [0.5, 0.6) is 11.5 Å². The molecule has 0 amide bonds. The predicted molar refractivity (Wildman–Crippen MR) is 207 cm³/mol. The Morgan fingerprint density at radius 3 is 2.16 bits per heavy atom. The van der Waals surface area contributed by atoms with Gasteiger partial charge in [-0.25, -0.2) is 4.99 Å². The van der Waals surface area contributed by atoms with Crippen LogP contribution < -0.4 is 14.5 Å². The van der Waals surface area contributed by atoms with Crippen molar-refractivity contribution in [3.63, 3.8) is 0 Å². The van der Waals surface area contributed by atoms with Crippen molar-refractivity contribution < 1.29 is 13.6 Å². The van der Waals surface area contributed by atoms with Gasteiger partial charge >= 0.3 is 0 Å². The molecule has 0 radical (unpaired) electrons. The smallest absolute Gasteiger partial charge is 0.250 e. The Kier molecular flexibility index (Phi) is 8.27. The van der Waals surface area contributed by atoms with Crippen molar-refractivity contribution in [1.82, 2.24) is 4.90 Å². The summed E-state index contributed by atoms with van der Waals surface area (Å²) < 4.78 is 21.6. The van der Waals surface area contributed by atoms with Crippen molar-refractivity contribution in [2.24, 2.45) is 10.9 Å². The van der Waals surface area contributed by atoms with Crippen LogP contribution in [0.15, 0.2) is 89.9 Å². The molecule has 1 fully saturated rings. The molecule has 2 bridgehead atoms. The molecule has 8 heteroatoms. The predicted octanol–water partition coefficient (Wildman–Crippen LogP) is 10.1. The number of hydrogen-bond acceptors (Lipinski definition) is 4. The molecule has 3 aromatic carbocycles. The van der Waals surface area contributed by atoms with Gasteiger partial charge in [-0.05, 0) is 85.0 Å². The molecule has 2 aliphatic carbocycles. The molecule has 1 saturated heterocycles. The van der Waals surface area contributed by atoms with E-state index in [-0.39, 0.29) is 39.7 Å². The fourth-order valence-electron chi connectivity index (χ4n) is 7.86. The number of nitrogens with zero attached hydrogens (tertiary/aromatic N) is 2. The minimum absolute atomic E-state index is 0.0774. The first-order valence-corrected chi connectivity index (χ1v) is 23.9. The SMILES string of the molecule is CC(C)(C)[Si](C)(C)Oc1ccc2c3c1OC1C(O[Si](C)(C)C(C)(C)C)C=CC4C(C2)N(C(=Nc2ccccc2)Nc2ccccc2)CCC341. The molecule has 0 saturated carbocycles. The van der Waals surface area contributed by atoms with Gasteiger partial charge in [-0.1, -0.05) is 96.2 Å². The van der Waals surface area contributed by atoms with Crippen molar-refractivity contribution in [1.29, 1.82) is 0 Å². The molecule has 0 aromatic heterocycles. The average Bonchev–Trinajstić information content (AvgIpc) is 3.38. The zero-order chi connectivity index (χ0) is 35.0. The van der Waals surface area contributed by atoms with Gasteiger partial charge in [0.05, 0.1) is 5.69 Å². The highest BCUT2D eigenvalue weighted by Gasteiger charge is 2.66. The Hall–Kier alpha value is -3.34. The third-order valence-electron chi connectivity index (χ3n) is 12.5. The Morgan fingerprint density at radius 2 is 1.51 bits per heavy atom. The summed E-state index contributed by atoms with van der Waals surface area (Å²) in [6, 6.07) is 25.5. The van der Waals surface area contributed by atoms with E-state index in [1.807, 2.05) is 6.07 Å². The first kappa shape index (κ1) is 34.1. The Balaban J connectivity index is 1.35. The molecule has 4 aliphatic rings. The van der Waals surface area contributed by atoms with Gasteiger partial charge in [0.1, 0.15) is 18.0 Å². The molecule has 2 heterocycles. The van der Waals surface area contributed by atoms with Gasteiger partial charge in [-0.3, -0.25) is 0 Å². The van der Waals surface area contributed by atoms with Crippen LogP contribution >= 0.6 is 0 Å².